The van der Waals surface area contributed by atoms with Crippen molar-refractivity contribution in [1.29, 1.82) is 0 Å². The van der Waals surface area contributed by atoms with Crippen LogP contribution in [0.3, 0.4) is 0 Å². The number of pyridine rings is 1. The SMILES string of the molecule is O=C(NC1CCCC1)c1nnc2n1CC1(CC2)CCN(Cc2cccnc2)CC1.O=C(O)C(F)(F)F.O=C(O)C(F)(F)F. The zero-order chi connectivity index (χ0) is 31.8. The number of nitrogens with one attached hydrogen (secondary N) is 1. The van der Waals surface area contributed by atoms with Gasteiger partial charge in [0.05, 0.1) is 0 Å². The van der Waals surface area contributed by atoms with Gasteiger partial charge in [-0.05, 0) is 62.2 Å². The summed E-state index contributed by atoms with van der Waals surface area (Å²) in [4.78, 5) is 37.4. The Labute approximate surface area is 242 Å². The summed E-state index contributed by atoms with van der Waals surface area (Å²) >= 11 is 0. The molecule has 5 rings (SSSR count). The van der Waals surface area contributed by atoms with Gasteiger partial charge in [0.25, 0.3) is 5.91 Å². The van der Waals surface area contributed by atoms with Crippen molar-refractivity contribution in [2.75, 3.05) is 13.1 Å². The summed E-state index contributed by atoms with van der Waals surface area (Å²) in [5.74, 6) is -4.06. The molecule has 43 heavy (non-hydrogen) atoms. The molecule has 1 spiro atoms. The fourth-order valence-electron chi connectivity index (χ4n) is 5.31. The molecule has 3 aliphatic rings. The van der Waals surface area contributed by atoms with Crippen molar-refractivity contribution < 1.29 is 50.9 Å². The second-order valence-corrected chi connectivity index (χ2v) is 10.7. The molecule has 0 bridgehead atoms. The third-order valence-electron chi connectivity index (χ3n) is 7.62. The Morgan fingerprint density at radius 2 is 1.53 bits per heavy atom. The van der Waals surface area contributed by atoms with E-state index < -0.39 is 24.3 Å². The lowest BCUT2D eigenvalue weighted by Crippen LogP contribution is -2.45. The van der Waals surface area contributed by atoms with E-state index in [4.69, 9.17) is 19.8 Å². The topological polar surface area (TPSA) is 151 Å². The fourth-order valence-corrected chi connectivity index (χ4v) is 5.31. The van der Waals surface area contributed by atoms with Crippen LogP contribution < -0.4 is 5.32 Å². The predicted octanol–water partition coefficient (Wildman–Crippen LogP) is 3.84. The van der Waals surface area contributed by atoms with Crippen LogP contribution in [0.1, 0.15) is 67.0 Å². The average Bonchev–Trinajstić information content (AvgIpc) is 3.60. The Morgan fingerprint density at radius 1 is 0.953 bits per heavy atom. The van der Waals surface area contributed by atoms with Gasteiger partial charge in [-0.1, -0.05) is 18.9 Å². The maximum atomic E-state index is 12.8. The number of nitrogens with zero attached hydrogens (tertiary/aromatic N) is 5. The van der Waals surface area contributed by atoms with Crippen molar-refractivity contribution in [1.82, 2.24) is 30.0 Å². The molecule has 0 aromatic carbocycles. The largest absolute Gasteiger partial charge is 0.490 e. The number of rotatable bonds is 4. The molecule has 1 aliphatic carbocycles. The van der Waals surface area contributed by atoms with E-state index in [0.717, 1.165) is 70.5 Å². The average molecular weight is 623 g/mol. The maximum absolute atomic E-state index is 12.8. The number of alkyl halides is 6. The van der Waals surface area contributed by atoms with Crippen LogP contribution in [0, 0.1) is 5.41 Å². The summed E-state index contributed by atoms with van der Waals surface area (Å²) < 4.78 is 65.6. The molecule has 4 heterocycles. The molecule has 2 aromatic rings. The van der Waals surface area contributed by atoms with Crippen LogP contribution in [0.2, 0.25) is 0 Å². The summed E-state index contributed by atoms with van der Waals surface area (Å²) in [6, 6.07) is 4.47. The van der Waals surface area contributed by atoms with Crippen molar-refractivity contribution in [3.8, 4) is 0 Å². The van der Waals surface area contributed by atoms with Crippen LogP contribution in [-0.2, 0) is 29.1 Å². The monoisotopic (exact) mass is 622 g/mol. The molecule has 2 fully saturated rings. The van der Waals surface area contributed by atoms with Gasteiger partial charge < -0.3 is 20.1 Å². The number of amides is 1. The van der Waals surface area contributed by atoms with Gasteiger partial charge in [-0.15, -0.1) is 10.2 Å². The van der Waals surface area contributed by atoms with Gasteiger partial charge >= 0.3 is 24.3 Å². The highest BCUT2D eigenvalue weighted by Crippen LogP contribution is 2.41. The first-order valence-electron chi connectivity index (χ1n) is 13.5. The van der Waals surface area contributed by atoms with Crippen LogP contribution in [0.25, 0.3) is 0 Å². The van der Waals surface area contributed by atoms with Gasteiger partial charge in [0, 0.05) is 37.9 Å². The summed E-state index contributed by atoms with van der Waals surface area (Å²) in [6.07, 6.45) is 2.61. The third-order valence-corrected chi connectivity index (χ3v) is 7.62. The second-order valence-electron chi connectivity index (χ2n) is 10.7. The van der Waals surface area contributed by atoms with Crippen molar-refractivity contribution in [2.24, 2.45) is 5.41 Å². The van der Waals surface area contributed by atoms with Crippen LogP contribution in [0.5, 0.6) is 0 Å². The lowest BCUT2D eigenvalue weighted by Gasteiger charge is -2.44. The number of aliphatic carboxylic acids is 2. The number of carbonyl (C=O) groups is 3. The van der Waals surface area contributed by atoms with E-state index in [9.17, 15) is 31.1 Å². The molecule has 1 amide bonds. The molecule has 1 saturated carbocycles. The maximum Gasteiger partial charge on any atom is 0.490 e. The Morgan fingerprint density at radius 3 is 2.05 bits per heavy atom. The number of hydrogen-bond donors (Lipinski definition) is 3. The first-order chi connectivity index (χ1) is 20.1. The quantitative estimate of drug-likeness (QED) is 0.432. The zero-order valence-corrected chi connectivity index (χ0v) is 23.0. The molecule has 3 N–H and O–H groups in total. The van der Waals surface area contributed by atoms with Crippen molar-refractivity contribution in [2.45, 2.75) is 82.9 Å². The molecule has 17 heteroatoms. The van der Waals surface area contributed by atoms with Crippen molar-refractivity contribution >= 4 is 17.8 Å². The number of hydrogen-bond acceptors (Lipinski definition) is 7. The zero-order valence-electron chi connectivity index (χ0n) is 23.0. The number of carboxylic acid groups (broad SMARTS) is 2. The molecule has 0 atom stereocenters. The minimum Gasteiger partial charge on any atom is -0.475 e. The number of aromatic nitrogens is 4. The second kappa shape index (κ2) is 14.1. The van der Waals surface area contributed by atoms with Crippen LogP contribution in [0.15, 0.2) is 24.5 Å². The number of carboxylic acids is 2. The summed E-state index contributed by atoms with van der Waals surface area (Å²) in [6.45, 7) is 4.03. The Hall–Kier alpha value is -3.76. The summed E-state index contributed by atoms with van der Waals surface area (Å²) in [5.41, 5.74) is 1.54. The molecule has 0 unspecified atom stereocenters. The molecule has 2 aromatic heterocycles. The van der Waals surface area contributed by atoms with Gasteiger partial charge in [-0.2, -0.15) is 26.3 Å². The highest BCUT2D eigenvalue weighted by Gasteiger charge is 2.40. The summed E-state index contributed by atoms with van der Waals surface area (Å²) in [7, 11) is 0. The minimum absolute atomic E-state index is 0.0401. The van der Waals surface area contributed by atoms with Gasteiger partial charge in [0.15, 0.2) is 0 Å². The molecule has 0 radical (unpaired) electrons. The lowest BCUT2D eigenvalue weighted by molar-refractivity contribution is -0.193. The number of carbonyl (C=O) groups excluding carboxylic acids is 1. The van der Waals surface area contributed by atoms with E-state index in [1.807, 2.05) is 18.5 Å². The first-order valence-corrected chi connectivity index (χ1v) is 13.5. The molecular formula is C26H32F6N6O5. The van der Waals surface area contributed by atoms with E-state index in [1.165, 1.54) is 18.4 Å². The fraction of sp³-hybridized carbons (Fsp3) is 0.615. The standard InChI is InChI=1S/C22H30N6O.2C2HF3O2/c29-21(24-18-5-1-2-6-18)20-26-25-19-7-8-22(16-28(19)20)9-12-27(13-10-22)15-17-4-3-11-23-14-17;2*3-2(4,5)1(6)7/h3-4,11,14,18H,1-2,5-10,12-13,15-16H2,(H,24,29);2*(H,6,7). The molecule has 238 valence electrons. The van der Waals surface area contributed by atoms with E-state index in [-0.39, 0.29) is 11.3 Å². The van der Waals surface area contributed by atoms with Crippen molar-refractivity contribution in [3.05, 3.63) is 41.7 Å². The Bertz CT molecular complexity index is 1220. The van der Waals surface area contributed by atoms with E-state index >= 15 is 0 Å². The number of likely N-dealkylation sites (tertiary alicyclic amines) is 1. The highest BCUT2D eigenvalue weighted by molar-refractivity contribution is 5.91. The number of aryl methyl sites for hydroxylation is 1. The minimum atomic E-state index is -5.08. The normalized spacial score (nSPS) is 18.5. The molecular weight excluding hydrogens is 590 g/mol. The highest BCUT2D eigenvalue weighted by atomic mass is 19.4. The van der Waals surface area contributed by atoms with Gasteiger partial charge in [0.2, 0.25) is 5.82 Å². The first kappa shape index (κ1) is 33.7. The van der Waals surface area contributed by atoms with Crippen LogP contribution >= 0.6 is 0 Å². The Balaban J connectivity index is 0.000000303. The Kier molecular flexibility index (Phi) is 11.1. The molecule has 2 aliphatic heterocycles. The van der Waals surface area contributed by atoms with E-state index in [1.54, 1.807) is 0 Å². The van der Waals surface area contributed by atoms with E-state index in [2.05, 4.69) is 36.0 Å². The number of fused-ring (bicyclic) bond motifs is 1. The van der Waals surface area contributed by atoms with E-state index in [0.29, 0.717) is 11.9 Å². The molecule has 1 saturated heterocycles. The molecule has 11 nitrogen and oxygen atoms in total. The van der Waals surface area contributed by atoms with Crippen LogP contribution in [0.4, 0.5) is 26.3 Å². The van der Waals surface area contributed by atoms with Gasteiger partial charge in [-0.3, -0.25) is 14.7 Å². The lowest BCUT2D eigenvalue weighted by atomic mass is 9.73. The van der Waals surface area contributed by atoms with Gasteiger partial charge in [0.1, 0.15) is 5.82 Å². The van der Waals surface area contributed by atoms with Gasteiger partial charge in [-0.25, -0.2) is 9.59 Å². The van der Waals surface area contributed by atoms with Crippen LogP contribution in [-0.4, -0.2) is 84.2 Å². The number of piperidine rings is 1. The third kappa shape index (κ3) is 9.90. The predicted molar refractivity (Wildman–Crippen MR) is 137 cm³/mol. The number of halogens is 6. The van der Waals surface area contributed by atoms with Crippen molar-refractivity contribution in [3.63, 3.8) is 0 Å². The smallest absolute Gasteiger partial charge is 0.475 e. The summed E-state index contributed by atoms with van der Waals surface area (Å²) in [5, 5.41) is 26.0.